The predicted octanol–water partition coefficient (Wildman–Crippen LogP) is 4.65. The van der Waals surface area contributed by atoms with Gasteiger partial charge in [0.2, 0.25) is 5.91 Å². The summed E-state index contributed by atoms with van der Waals surface area (Å²) in [4.78, 5) is 18.0. The van der Waals surface area contributed by atoms with Gasteiger partial charge in [0, 0.05) is 26.2 Å². The first-order valence-corrected chi connectivity index (χ1v) is 10.3. The van der Waals surface area contributed by atoms with E-state index in [4.69, 9.17) is 4.42 Å². The highest BCUT2D eigenvalue weighted by atomic mass is 79.9. The molecule has 0 aliphatic carbocycles. The highest BCUT2D eigenvalue weighted by Crippen LogP contribution is 2.24. The third-order valence-corrected chi connectivity index (χ3v) is 6.12. The number of anilines is 1. The van der Waals surface area contributed by atoms with E-state index in [1.807, 2.05) is 29.0 Å². The van der Waals surface area contributed by atoms with Gasteiger partial charge in [0.15, 0.2) is 10.8 Å². The van der Waals surface area contributed by atoms with Gasteiger partial charge < -0.3 is 9.73 Å². The zero-order valence-corrected chi connectivity index (χ0v) is 16.6. The van der Waals surface area contributed by atoms with E-state index in [0.717, 1.165) is 14.4 Å². The highest BCUT2D eigenvalue weighted by Gasteiger charge is 2.13. The summed E-state index contributed by atoms with van der Waals surface area (Å²) in [7, 11) is 0. The Morgan fingerprint density at radius 1 is 1.31 bits per heavy atom. The number of halogens is 1. The smallest absolute Gasteiger partial charge is 0.231 e. The predicted molar refractivity (Wildman–Crippen MR) is 105 cm³/mol. The second kappa shape index (κ2) is 7.56. The first-order chi connectivity index (χ1) is 12.7. The molecule has 0 unspecified atom stereocenters. The van der Waals surface area contributed by atoms with Gasteiger partial charge in [0.25, 0.3) is 0 Å². The molecule has 4 aromatic rings. The number of hydrogen-bond donors (Lipinski definition) is 1. The van der Waals surface area contributed by atoms with Crippen LogP contribution < -0.4 is 5.32 Å². The number of nitrogens with one attached hydrogen (secondary N) is 1. The van der Waals surface area contributed by atoms with Crippen LogP contribution in [0.5, 0.6) is 0 Å². The number of thiazole rings is 1. The van der Waals surface area contributed by atoms with Crippen molar-refractivity contribution in [2.75, 3.05) is 5.32 Å². The fraction of sp³-hybridized carbons (Fsp3) is 0.118. The van der Waals surface area contributed by atoms with Crippen molar-refractivity contribution in [1.29, 1.82) is 0 Å². The lowest BCUT2D eigenvalue weighted by molar-refractivity contribution is -0.115. The van der Waals surface area contributed by atoms with Crippen molar-refractivity contribution in [3.8, 4) is 10.8 Å². The molecule has 4 heterocycles. The van der Waals surface area contributed by atoms with Crippen LogP contribution in [0.2, 0.25) is 0 Å². The summed E-state index contributed by atoms with van der Waals surface area (Å²) in [6, 6.07) is 7.50. The summed E-state index contributed by atoms with van der Waals surface area (Å²) in [5.41, 5.74) is 0.715. The SMILES string of the molecule is O=C(Cc1csc(-c2ccco2)n1)Nc1ccnn1Cc1cc(Br)cs1. The Labute approximate surface area is 165 Å². The fourth-order valence-electron chi connectivity index (χ4n) is 2.40. The number of carbonyl (C=O) groups excluding carboxylic acids is 1. The van der Waals surface area contributed by atoms with Crippen LogP contribution in [0.25, 0.3) is 10.8 Å². The minimum atomic E-state index is -0.129. The lowest BCUT2D eigenvalue weighted by Crippen LogP contribution is -2.18. The standard InChI is InChI=1S/C17H13BrN4O2S2/c18-11-6-13(25-9-11)8-22-15(3-4-19-22)21-16(23)7-12-10-26-17(20-12)14-2-1-5-24-14/h1-6,9-10H,7-8H2,(H,21,23). The van der Waals surface area contributed by atoms with Crippen LogP contribution in [-0.4, -0.2) is 20.7 Å². The van der Waals surface area contributed by atoms with Gasteiger partial charge in [-0.1, -0.05) is 0 Å². The van der Waals surface area contributed by atoms with Crippen molar-refractivity contribution >= 4 is 50.3 Å². The Bertz CT molecular complexity index is 1020. The maximum absolute atomic E-state index is 12.4. The molecule has 9 heteroatoms. The summed E-state index contributed by atoms with van der Waals surface area (Å²) in [6.07, 6.45) is 3.49. The molecule has 0 bridgehead atoms. The average molecular weight is 449 g/mol. The van der Waals surface area contributed by atoms with Crippen LogP contribution in [0.1, 0.15) is 10.6 Å². The topological polar surface area (TPSA) is 73.0 Å². The summed E-state index contributed by atoms with van der Waals surface area (Å²) in [6.45, 7) is 0.609. The van der Waals surface area contributed by atoms with Gasteiger partial charge in [-0.15, -0.1) is 22.7 Å². The van der Waals surface area contributed by atoms with Crippen molar-refractivity contribution in [2.45, 2.75) is 13.0 Å². The molecule has 0 aliphatic rings. The minimum absolute atomic E-state index is 0.129. The molecule has 4 rings (SSSR count). The Balaban J connectivity index is 1.40. The largest absolute Gasteiger partial charge is 0.462 e. The Kier molecular flexibility index (Phi) is 5.00. The van der Waals surface area contributed by atoms with Gasteiger partial charge in [-0.25, -0.2) is 9.67 Å². The summed E-state index contributed by atoms with van der Waals surface area (Å²) >= 11 is 6.55. The summed E-state index contributed by atoms with van der Waals surface area (Å²) in [5.74, 6) is 1.25. The number of furan rings is 1. The number of hydrogen-bond acceptors (Lipinski definition) is 6. The number of rotatable bonds is 6. The molecule has 0 radical (unpaired) electrons. The van der Waals surface area contributed by atoms with Crippen molar-refractivity contribution in [1.82, 2.24) is 14.8 Å². The Morgan fingerprint density at radius 3 is 3.00 bits per heavy atom. The Morgan fingerprint density at radius 2 is 2.23 bits per heavy atom. The third kappa shape index (κ3) is 3.95. The van der Waals surface area contributed by atoms with E-state index < -0.39 is 0 Å². The van der Waals surface area contributed by atoms with Gasteiger partial charge in [0.1, 0.15) is 5.82 Å². The van der Waals surface area contributed by atoms with E-state index in [0.29, 0.717) is 23.8 Å². The van der Waals surface area contributed by atoms with E-state index in [9.17, 15) is 4.79 Å². The third-order valence-electron chi connectivity index (χ3n) is 3.54. The minimum Gasteiger partial charge on any atom is -0.462 e. The van der Waals surface area contributed by atoms with Crippen LogP contribution in [0, 0.1) is 0 Å². The van der Waals surface area contributed by atoms with E-state index >= 15 is 0 Å². The Hall–Kier alpha value is -2.23. The maximum Gasteiger partial charge on any atom is 0.231 e. The molecule has 0 aliphatic heterocycles. The monoisotopic (exact) mass is 448 g/mol. The molecule has 1 N–H and O–H groups in total. The van der Waals surface area contributed by atoms with Gasteiger partial charge in [0.05, 0.1) is 31.1 Å². The van der Waals surface area contributed by atoms with E-state index in [-0.39, 0.29) is 12.3 Å². The van der Waals surface area contributed by atoms with Gasteiger partial charge >= 0.3 is 0 Å². The number of aromatic nitrogens is 3. The average Bonchev–Trinajstić information content (AvgIpc) is 3.37. The molecule has 0 atom stereocenters. The van der Waals surface area contributed by atoms with Crippen molar-refractivity contribution < 1.29 is 9.21 Å². The number of carbonyl (C=O) groups is 1. The first kappa shape index (κ1) is 17.2. The molecule has 0 aromatic carbocycles. The van der Waals surface area contributed by atoms with Crippen molar-refractivity contribution in [3.63, 3.8) is 0 Å². The quantitative estimate of drug-likeness (QED) is 0.465. The van der Waals surface area contributed by atoms with Gasteiger partial charge in [-0.2, -0.15) is 5.10 Å². The van der Waals surface area contributed by atoms with Crippen LogP contribution in [0.15, 0.2) is 56.4 Å². The molecule has 0 saturated heterocycles. The number of amides is 1. The highest BCUT2D eigenvalue weighted by molar-refractivity contribution is 9.10. The van der Waals surface area contributed by atoms with Crippen LogP contribution in [-0.2, 0) is 17.8 Å². The van der Waals surface area contributed by atoms with Gasteiger partial charge in [-0.05, 0) is 34.1 Å². The summed E-state index contributed by atoms with van der Waals surface area (Å²) < 4.78 is 8.15. The molecule has 132 valence electrons. The molecule has 0 fully saturated rings. The normalized spacial score (nSPS) is 11.0. The zero-order chi connectivity index (χ0) is 17.9. The fourth-order valence-corrected chi connectivity index (χ4v) is 4.62. The van der Waals surface area contributed by atoms with E-state index in [2.05, 4.69) is 31.3 Å². The first-order valence-electron chi connectivity index (χ1n) is 7.70. The second-order valence-corrected chi connectivity index (χ2v) is 8.22. The molecule has 0 saturated carbocycles. The van der Waals surface area contributed by atoms with Crippen LogP contribution >= 0.6 is 38.6 Å². The molecule has 1 amide bonds. The lowest BCUT2D eigenvalue weighted by atomic mass is 10.3. The van der Waals surface area contributed by atoms with Crippen LogP contribution in [0.4, 0.5) is 5.82 Å². The van der Waals surface area contributed by atoms with Crippen molar-refractivity contribution in [3.05, 3.63) is 62.5 Å². The van der Waals surface area contributed by atoms with Gasteiger partial charge in [-0.3, -0.25) is 4.79 Å². The zero-order valence-electron chi connectivity index (χ0n) is 13.4. The van der Waals surface area contributed by atoms with E-state index in [1.165, 1.54) is 11.3 Å². The molecular formula is C17H13BrN4O2S2. The molecule has 6 nitrogen and oxygen atoms in total. The maximum atomic E-state index is 12.4. The lowest BCUT2D eigenvalue weighted by Gasteiger charge is -2.07. The second-order valence-electron chi connectivity index (χ2n) is 5.45. The number of nitrogens with zero attached hydrogens (tertiary/aromatic N) is 3. The molecule has 4 aromatic heterocycles. The van der Waals surface area contributed by atoms with Crippen LogP contribution in [0.3, 0.4) is 0 Å². The van der Waals surface area contributed by atoms with E-state index in [1.54, 1.807) is 34.5 Å². The molecule has 26 heavy (non-hydrogen) atoms. The number of thiophene rings is 1. The molecule has 0 spiro atoms. The van der Waals surface area contributed by atoms with Crippen molar-refractivity contribution in [2.24, 2.45) is 0 Å². The summed E-state index contributed by atoms with van der Waals surface area (Å²) in [5, 5.41) is 11.9. The molecular weight excluding hydrogens is 436 g/mol.